The zero-order chi connectivity index (χ0) is 17.1. The summed E-state index contributed by atoms with van der Waals surface area (Å²) in [6, 6.07) is 11.7. The quantitative estimate of drug-likeness (QED) is 0.656. The molecule has 120 valence electrons. The molecule has 0 saturated heterocycles. The van der Waals surface area contributed by atoms with Gasteiger partial charge in [-0.25, -0.2) is 4.39 Å². The van der Waals surface area contributed by atoms with Crippen molar-refractivity contribution in [2.24, 2.45) is 4.99 Å². The normalized spacial score (nSPS) is 11.6. The van der Waals surface area contributed by atoms with Crippen LogP contribution in [0.1, 0.15) is 5.56 Å². The Balaban J connectivity index is 2.01. The molecular formula is C18H12ClFN2OS. The van der Waals surface area contributed by atoms with Crippen LogP contribution in [-0.4, -0.2) is 10.5 Å². The van der Waals surface area contributed by atoms with E-state index < -0.39 is 0 Å². The van der Waals surface area contributed by atoms with Crippen LogP contribution in [0.2, 0.25) is 5.02 Å². The van der Waals surface area contributed by atoms with Gasteiger partial charge in [-0.2, -0.15) is 4.99 Å². The van der Waals surface area contributed by atoms with Gasteiger partial charge in [-0.05, 0) is 29.8 Å². The molecule has 0 unspecified atom stereocenters. The zero-order valence-corrected chi connectivity index (χ0v) is 14.1. The topological polar surface area (TPSA) is 34.4 Å². The summed E-state index contributed by atoms with van der Waals surface area (Å²) < 4.78 is 16.3. The van der Waals surface area contributed by atoms with Gasteiger partial charge < -0.3 is 4.57 Å². The number of halogens is 2. The zero-order valence-electron chi connectivity index (χ0n) is 12.5. The monoisotopic (exact) mass is 358 g/mol. The van der Waals surface area contributed by atoms with E-state index in [0.717, 1.165) is 5.56 Å². The third kappa shape index (κ3) is 3.40. The van der Waals surface area contributed by atoms with E-state index in [4.69, 9.17) is 18.0 Å². The Bertz CT molecular complexity index is 1010. The Kier molecular flexibility index (Phi) is 4.79. The van der Waals surface area contributed by atoms with Crippen LogP contribution in [-0.2, 0) is 17.8 Å². The van der Waals surface area contributed by atoms with Gasteiger partial charge >= 0.3 is 0 Å². The standard InChI is InChI=1S/C18H12ClFN2OS/c1-2-10-22-17-14(20)4-3-5-15(17)24-18(22)21-16(23)11-12-6-8-13(19)9-7-12/h1,3-9H,10-11H2. The fourth-order valence-electron chi connectivity index (χ4n) is 2.33. The largest absolute Gasteiger partial charge is 0.302 e. The number of amides is 1. The van der Waals surface area contributed by atoms with E-state index in [1.165, 1.54) is 17.4 Å². The van der Waals surface area contributed by atoms with Crippen molar-refractivity contribution < 1.29 is 9.18 Å². The summed E-state index contributed by atoms with van der Waals surface area (Å²) in [7, 11) is 0. The first-order valence-electron chi connectivity index (χ1n) is 7.12. The molecule has 0 aliphatic heterocycles. The molecule has 1 amide bonds. The number of hydrogen-bond donors (Lipinski definition) is 0. The van der Waals surface area contributed by atoms with Crippen molar-refractivity contribution in [2.75, 3.05) is 0 Å². The van der Waals surface area contributed by atoms with Gasteiger partial charge in [0.15, 0.2) is 4.80 Å². The molecule has 0 aliphatic rings. The first-order chi connectivity index (χ1) is 11.6. The first kappa shape index (κ1) is 16.4. The average Bonchev–Trinajstić information content (AvgIpc) is 2.89. The molecule has 0 radical (unpaired) electrons. The number of fused-ring (bicyclic) bond motifs is 1. The number of hydrogen-bond acceptors (Lipinski definition) is 2. The second-order valence-electron chi connectivity index (χ2n) is 5.07. The lowest BCUT2D eigenvalue weighted by atomic mass is 10.1. The van der Waals surface area contributed by atoms with Gasteiger partial charge in [0.25, 0.3) is 5.91 Å². The van der Waals surface area contributed by atoms with Crippen molar-refractivity contribution >= 4 is 39.1 Å². The van der Waals surface area contributed by atoms with Crippen molar-refractivity contribution in [3.63, 3.8) is 0 Å². The maximum Gasteiger partial charge on any atom is 0.252 e. The second kappa shape index (κ2) is 7.00. The molecule has 0 spiro atoms. The lowest BCUT2D eigenvalue weighted by Gasteiger charge is -2.01. The van der Waals surface area contributed by atoms with Gasteiger partial charge in [-0.3, -0.25) is 4.79 Å². The molecule has 3 aromatic rings. The summed E-state index contributed by atoms with van der Waals surface area (Å²) in [5, 5.41) is 0.606. The van der Waals surface area contributed by atoms with Crippen LogP contribution >= 0.6 is 22.9 Å². The fraction of sp³-hybridized carbons (Fsp3) is 0.111. The van der Waals surface area contributed by atoms with Crippen molar-refractivity contribution in [3.05, 3.63) is 63.7 Å². The minimum absolute atomic E-state index is 0.143. The predicted molar refractivity (Wildman–Crippen MR) is 94.3 cm³/mol. The van der Waals surface area contributed by atoms with Gasteiger partial charge in [0.2, 0.25) is 0 Å². The highest BCUT2D eigenvalue weighted by molar-refractivity contribution is 7.16. The van der Waals surface area contributed by atoms with Crippen LogP contribution in [0, 0.1) is 18.2 Å². The lowest BCUT2D eigenvalue weighted by molar-refractivity contribution is -0.117. The first-order valence-corrected chi connectivity index (χ1v) is 8.31. The molecule has 0 atom stereocenters. The molecule has 0 N–H and O–H groups in total. The highest BCUT2D eigenvalue weighted by Gasteiger charge is 2.11. The minimum atomic E-state index is -0.384. The molecule has 0 bridgehead atoms. The lowest BCUT2D eigenvalue weighted by Crippen LogP contribution is -2.17. The number of benzene rings is 2. The van der Waals surface area contributed by atoms with Crippen molar-refractivity contribution in [1.82, 2.24) is 4.57 Å². The predicted octanol–water partition coefficient (Wildman–Crippen LogP) is 3.80. The van der Waals surface area contributed by atoms with Crippen LogP contribution in [0.5, 0.6) is 0 Å². The SMILES string of the molecule is C#CCn1c(=NC(=O)Cc2ccc(Cl)cc2)sc2cccc(F)c21. The number of carbonyl (C=O) groups excluding carboxylic acids is 1. The fourth-order valence-corrected chi connectivity index (χ4v) is 3.52. The number of carbonyl (C=O) groups is 1. The van der Waals surface area contributed by atoms with Crippen LogP contribution in [0.3, 0.4) is 0 Å². The Morgan fingerprint density at radius 3 is 2.75 bits per heavy atom. The molecule has 24 heavy (non-hydrogen) atoms. The third-order valence-corrected chi connectivity index (χ3v) is 4.69. The maximum atomic E-state index is 14.1. The van der Waals surface area contributed by atoms with E-state index in [2.05, 4.69) is 10.9 Å². The summed E-state index contributed by atoms with van der Waals surface area (Å²) in [6.07, 6.45) is 5.51. The Hall–Kier alpha value is -2.42. The summed E-state index contributed by atoms with van der Waals surface area (Å²) in [4.78, 5) is 16.7. The maximum absolute atomic E-state index is 14.1. The van der Waals surface area contributed by atoms with Crippen LogP contribution < -0.4 is 4.80 Å². The van der Waals surface area contributed by atoms with Gasteiger partial charge in [-0.15, -0.1) is 6.42 Å². The van der Waals surface area contributed by atoms with Crippen LogP contribution in [0.25, 0.3) is 10.2 Å². The number of thiazole rings is 1. The van der Waals surface area contributed by atoms with E-state index in [-0.39, 0.29) is 24.7 Å². The Morgan fingerprint density at radius 1 is 1.29 bits per heavy atom. The molecule has 6 heteroatoms. The van der Waals surface area contributed by atoms with E-state index in [1.807, 2.05) is 0 Å². The number of para-hydroxylation sites is 1. The van der Waals surface area contributed by atoms with Crippen molar-refractivity contribution in [2.45, 2.75) is 13.0 Å². The van der Waals surface area contributed by atoms with Crippen molar-refractivity contribution in [1.29, 1.82) is 0 Å². The van der Waals surface area contributed by atoms with Gasteiger partial charge in [0.1, 0.15) is 5.82 Å². The smallest absolute Gasteiger partial charge is 0.252 e. The van der Waals surface area contributed by atoms with Gasteiger partial charge in [0.05, 0.1) is 23.2 Å². The summed E-state index contributed by atoms with van der Waals surface area (Å²) in [6.45, 7) is 0.147. The number of nitrogens with zero attached hydrogens (tertiary/aromatic N) is 2. The van der Waals surface area contributed by atoms with E-state index in [0.29, 0.717) is 20.0 Å². The second-order valence-corrected chi connectivity index (χ2v) is 6.52. The average molecular weight is 359 g/mol. The Labute approximate surface area is 147 Å². The molecule has 0 fully saturated rings. The summed E-state index contributed by atoms with van der Waals surface area (Å²) >= 11 is 7.07. The molecule has 3 nitrogen and oxygen atoms in total. The highest BCUT2D eigenvalue weighted by atomic mass is 35.5. The third-order valence-electron chi connectivity index (χ3n) is 3.39. The van der Waals surface area contributed by atoms with E-state index >= 15 is 0 Å². The number of terminal acetylenes is 1. The highest BCUT2D eigenvalue weighted by Crippen LogP contribution is 2.20. The molecule has 0 saturated carbocycles. The molecule has 0 aliphatic carbocycles. The molecule has 1 aromatic heterocycles. The summed E-state index contributed by atoms with van der Waals surface area (Å²) in [5.74, 6) is 1.77. The summed E-state index contributed by atoms with van der Waals surface area (Å²) in [5.41, 5.74) is 1.18. The molecule has 3 rings (SSSR count). The van der Waals surface area contributed by atoms with Gasteiger partial charge in [0, 0.05) is 5.02 Å². The van der Waals surface area contributed by atoms with E-state index in [9.17, 15) is 9.18 Å². The molecule has 2 aromatic carbocycles. The Morgan fingerprint density at radius 2 is 2.04 bits per heavy atom. The molecule has 1 heterocycles. The van der Waals surface area contributed by atoms with Gasteiger partial charge in [-0.1, -0.05) is 47.1 Å². The van der Waals surface area contributed by atoms with Crippen LogP contribution in [0.15, 0.2) is 47.5 Å². The molecular weight excluding hydrogens is 347 g/mol. The van der Waals surface area contributed by atoms with E-state index in [1.54, 1.807) is 41.0 Å². The number of aromatic nitrogens is 1. The minimum Gasteiger partial charge on any atom is -0.302 e. The van der Waals surface area contributed by atoms with Crippen molar-refractivity contribution in [3.8, 4) is 12.3 Å². The number of rotatable bonds is 3. The van der Waals surface area contributed by atoms with Crippen LogP contribution in [0.4, 0.5) is 4.39 Å².